The third-order valence-corrected chi connectivity index (χ3v) is 6.56. The number of amides is 2. The highest BCUT2D eigenvalue weighted by Crippen LogP contribution is 2.40. The van der Waals surface area contributed by atoms with Crippen molar-refractivity contribution >= 4 is 16.9 Å². The van der Waals surface area contributed by atoms with E-state index in [1.165, 1.54) is 14.2 Å². The number of methoxy groups -OCH3 is 2. The van der Waals surface area contributed by atoms with E-state index in [1.54, 1.807) is 23.1 Å². The number of H-pyrrole nitrogens is 1. The minimum absolute atomic E-state index is 0.0703. The van der Waals surface area contributed by atoms with Crippen molar-refractivity contribution in [2.24, 2.45) is 0 Å². The van der Waals surface area contributed by atoms with Crippen LogP contribution in [0.25, 0.3) is 22.2 Å². The fourth-order valence-corrected chi connectivity index (χ4v) is 4.82. The number of halogens is 3. The molecule has 0 aliphatic carbocycles. The molecule has 2 N–H and O–H groups in total. The van der Waals surface area contributed by atoms with Gasteiger partial charge in [0.15, 0.2) is 11.5 Å². The third-order valence-electron chi connectivity index (χ3n) is 6.56. The third kappa shape index (κ3) is 5.33. The molecule has 0 spiro atoms. The smallest absolute Gasteiger partial charge is 0.393 e. The molecule has 1 aromatic heterocycles. The maximum absolute atomic E-state index is 13.6. The fraction of sp³-hybridized carbons (Fsp3) is 0.423. The molecule has 2 amide bonds. The highest BCUT2D eigenvalue weighted by Gasteiger charge is 2.32. The molecule has 0 radical (unpaired) electrons. The molecule has 1 saturated heterocycles. The highest BCUT2D eigenvalue weighted by atomic mass is 19.4. The quantitative estimate of drug-likeness (QED) is 0.455. The van der Waals surface area contributed by atoms with Gasteiger partial charge in [-0.15, -0.1) is 0 Å². The van der Waals surface area contributed by atoms with Crippen LogP contribution in [0.15, 0.2) is 36.4 Å². The summed E-state index contributed by atoms with van der Waals surface area (Å²) in [6, 6.07) is 10.7. The zero-order valence-corrected chi connectivity index (χ0v) is 20.1. The van der Waals surface area contributed by atoms with E-state index >= 15 is 0 Å². The van der Waals surface area contributed by atoms with Crippen molar-refractivity contribution in [3.05, 3.63) is 47.5 Å². The van der Waals surface area contributed by atoms with Crippen molar-refractivity contribution in [2.75, 3.05) is 33.9 Å². The average Bonchev–Trinajstić information content (AvgIpc) is 3.19. The Bertz CT molecular complexity index is 1200. The molecule has 35 heavy (non-hydrogen) atoms. The van der Waals surface area contributed by atoms with Gasteiger partial charge in [0.25, 0.3) is 0 Å². The topological polar surface area (TPSA) is 66.6 Å². The lowest BCUT2D eigenvalue weighted by atomic mass is 9.88. The van der Waals surface area contributed by atoms with Crippen LogP contribution < -0.4 is 14.8 Å². The number of rotatable bonds is 6. The molecule has 0 saturated carbocycles. The average molecular weight is 490 g/mol. The predicted octanol–water partition coefficient (Wildman–Crippen LogP) is 5.87. The summed E-state index contributed by atoms with van der Waals surface area (Å²) >= 11 is 0. The molecule has 9 heteroatoms. The predicted molar refractivity (Wildman–Crippen MR) is 129 cm³/mol. The van der Waals surface area contributed by atoms with E-state index in [-0.39, 0.29) is 17.5 Å². The molecular formula is C26H30F3N3O3. The zero-order chi connectivity index (χ0) is 25.2. The Morgan fingerprint density at radius 1 is 1.09 bits per heavy atom. The van der Waals surface area contributed by atoms with E-state index in [0.29, 0.717) is 53.3 Å². The monoisotopic (exact) mass is 489 g/mol. The number of aromatic amines is 1. The number of carbonyl (C=O) groups is 1. The normalized spacial score (nSPS) is 14.9. The number of benzene rings is 2. The van der Waals surface area contributed by atoms with E-state index < -0.39 is 12.6 Å². The molecule has 1 aliphatic rings. The van der Waals surface area contributed by atoms with Crippen LogP contribution in [0.4, 0.5) is 18.0 Å². The molecule has 3 aromatic rings. The van der Waals surface area contributed by atoms with Gasteiger partial charge in [-0.2, -0.15) is 13.2 Å². The Morgan fingerprint density at radius 3 is 2.43 bits per heavy atom. The second-order valence-corrected chi connectivity index (χ2v) is 8.74. The number of urea groups is 1. The number of fused-ring (bicyclic) bond motifs is 1. The molecule has 2 heterocycles. The van der Waals surface area contributed by atoms with Crippen molar-refractivity contribution in [3.63, 3.8) is 0 Å². The van der Waals surface area contributed by atoms with Gasteiger partial charge in [0.05, 0.1) is 26.3 Å². The zero-order valence-electron chi connectivity index (χ0n) is 20.1. The van der Waals surface area contributed by atoms with Crippen molar-refractivity contribution in [2.45, 2.75) is 38.3 Å². The first-order chi connectivity index (χ1) is 16.7. The largest absolute Gasteiger partial charge is 0.493 e. The first kappa shape index (κ1) is 24.8. The van der Waals surface area contributed by atoms with Gasteiger partial charge in [0.1, 0.15) is 0 Å². The molecular weight excluding hydrogens is 459 g/mol. The van der Waals surface area contributed by atoms with Crippen molar-refractivity contribution < 1.29 is 27.4 Å². The summed E-state index contributed by atoms with van der Waals surface area (Å²) in [4.78, 5) is 17.1. The number of nitrogens with one attached hydrogen (secondary N) is 2. The van der Waals surface area contributed by atoms with Crippen LogP contribution in [0, 0.1) is 0 Å². The van der Waals surface area contributed by atoms with Crippen LogP contribution in [0.5, 0.6) is 11.5 Å². The summed E-state index contributed by atoms with van der Waals surface area (Å²) in [6.45, 7) is 3.70. The lowest BCUT2D eigenvalue weighted by molar-refractivity contribution is -0.126. The van der Waals surface area contributed by atoms with E-state index in [4.69, 9.17) is 9.47 Å². The van der Waals surface area contributed by atoms with E-state index in [2.05, 4.69) is 10.3 Å². The van der Waals surface area contributed by atoms with Crippen molar-refractivity contribution in [1.29, 1.82) is 0 Å². The SMILES string of the molecule is CCNC(=O)N1CCC(c2ccc3[nH]c(-c4ccc(OC)c(OC)c4)c(CC(F)(F)F)c3c2)CC1. The lowest BCUT2D eigenvalue weighted by Crippen LogP contribution is -2.44. The number of aromatic nitrogens is 1. The number of likely N-dealkylation sites (tertiary alicyclic amines) is 1. The van der Waals surface area contributed by atoms with Crippen LogP contribution in [0.1, 0.15) is 36.8 Å². The Labute approximate surface area is 202 Å². The van der Waals surface area contributed by atoms with Gasteiger partial charge >= 0.3 is 12.2 Å². The minimum Gasteiger partial charge on any atom is -0.493 e. The molecule has 1 fully saturated rings. The molecule has 1 aliphatic heterocycles. The summed E-state index contributed by atoms with van der Waals surface area (Å²) in [5.41, 5.74) is 2.87. The van der Waals surface area contributed by atoms with Gasteiger partial charge in [0, 0.05) is 36.1 Å². The van der Waals surface area contributed by atoms with Crippen LogP contribution >= 0.6 is 0 Å². The van der Waals surface area contributed by atoms with Gasteiger partial charge < -0.3 is 24.7 Å². The highest BCUT2D eigenvalue weighted by molar-refractivity contribution is 5.91. The number of carbonyl (C=O) groups excluding carboxylic acids is 1. The van der Waals surface area contributed by atoms with Crippen LogP contribution in [0.2, 0.25) is 0 Å². The second kappa shape index (κ2) is 10.1. The van der Waals surface area contributed by atoms with E-state index in [9.17, 15) is 18.0 Å². The summed E-state index contributed by atoms with van der Waals surface area (Å²) in [7, 11) is 3.00. The van der Waals surface area contributed by atoms with Crippen molar-refractivity contribution in [1.82, 2.24) is 15.2 Å². The minimum atomic E-state index is -4.37. The fourth-order valence-electron chi connectivity index (χ4n) is 4.82. The first-order valence-corrected chi connectivity index (χ1v) is 11.7. The van der Waals surface area contributed by atoms with Gasteiger partial charge in [-0.3, -0.25) is 0 Å². The summed E-state index contributed by atoms with van der Waals surface area (Å²) in [5, 5.41) is 3.38. The molecule has 0 atom stereocenters. The number of alkyl halides is 3. The van der Waals surface area contributed by atoms with Gasteiger partial charge in [-0.05, 0) is 67.1 Å². The number of nitrogens with zero attached hydrogens (tertiary/aromatic N) is 1. The molecule has 188 valence electrons. The molecule has 6 nitrogen and oxygen atoms in total. The van der Waals surface area contributed by atoms with Crippen LogP contribution in [-0.2, 0) is 6.42 Å². The Morgan fingerprint density at radius 2 is 1.80 bits per heavy atom. The maximum Gasteiger partial charge on any atom is 0.393 e. The summed E-state index contributed by atoms with van der Waals surface area (Å²) in [6.07, 6.45) is -3.88. The molecule has 4 rings (SSSR count). The van der Waals surface area contributed by atoms with Crippen LogP contribution in [-0.4, -0.2) is 55.9 Å². The van der Waals surface area contributed by atoms with Gasteiger partial charge in [-0.1, -0.05) is 6.07 Å². The molecule has 2 aromatic carbocycles. The standard InChI is InChI=1S/C26H30F3N3O3/c1-4-30-25(33)32-11-9-16(10-12-32)17-5-7-21-19(13-17)20(15-26(27,28)29)24(31-21)18-6-8-22(34-2)23(14-18)35-3/h5-8,13-14,16,31H,4,9-12,15H2,1-3H3,(H,30,33). The second-order valence-electron chi connectivity index (χ2n) is 8.74. The van der Waals surface area contributed by atoms with E-state index in [0.717, 1.165) is 18.4 Å². The van der Waals surface area contributed by atoms with Gasteiger partial charge in [-0.25, -0.2) is 4.79 Å². The Hall–Kier alpha value is -3.36. The lowest BCUT2D eigenvalue weighted by Gasteiger charge is -2.32. The Balaban J connectivity index is 1.70. The number of piperidine rings is 1. The maximum atomic E-state index is 13.6. The summed E-state index contributed by atoms with van der Waals surface area (Å²) in [5.74, 6) is 1.13. The van der Waals surface area contributed by atoms with Gasteiger partial charge in [0.2, 0.25) is 0 Å². The van der Waals surface area contributed by atoms with Crippen LogP contribution in [0.3, 0.4) is 0 Å². The molecule has 0 bridgehead atoms. The summed E-state index contributed by atoms with van der Waals surface area (Å²) < 4.78 is 51.6. The number of ether oxygens (including phenoxy) is 2. The van der Waals surface area contributed by atoms with Crippen molar-refractivity contribution in [3.8, 4) is 22.8 Å². The first-order valence-electron chi connectivity index (χ1n) is 11.7. The number of hydrogen-bond donors (Lipinski definition) is 2. The number of hydrogen-bond acceptors (Lipinski definition) is 3. The Kier molecular flexibility index (Phi) is 7.14. The molecule has 0 unspecified atom stereocenters. The van der Waals surface area contributed by atoms with E-state index in [1.807, 2.05) is 25.1 Å².